The number of hydrogen-bond acceptors (Lipinski definition) is 2. The third-order valence-electron chi connectivity index (χ3n) is 3.08. The maximum atomic E-state index is 11.2. The van der Waals surface area contributed by atoms with Gasteiger partial charge in [0.15, 0.2) is 0 Å². The zero-order valence-corrected chi connectivity index (χ0v) is 11.0. The molecule has 0 spiro atoms. The van der Waals surface area contributed by atoms with Crippen LogP contribution in [0.4, 0.5) is 0 Å². The molecule has 5 nitrogen and oxygen atoms in total. The summed E-state index contributed by atoms with van der Waals surface area (Å²) in [5, 5.41) is 12.5. The molecule has 1 aromatic carbocycles. The number of nitrogens with one attached hydrogen (secondary N) is 1. The van der Waals surface area contributed by atoms with Crippen LogP contribution in [0.2, 0.25) is 0 Å². The van der Waals surface area contributed by atoms with Crippen LogP contribution in [-0.4, -0.2) is 21.6 Å². The normalized spacial score (nSPS) is 10.4. The van der Waals surface area contributed by atoms with Crippen LogP contribution in [-0.2, 0) is 22.7 Å². The Hall–Kier alpha value is -2.56. The van der Waals surface area contributed by atoms with Crippen molar-refractivity contribution in [3.05, 3.63) is 48.7 Å². The third kappa shape index (κ3) is 3.06. The van der Waals surface area contributed by atoms with Gasteiger partial charge in [-0.25, -0.2) is 0 Å². The molecule has 20 heavy (non-hydrogen) atoms. The number of aryl methyl sites for hydroxylation is 1. The van der Waals surface area contributed by atoms with Crippen LogP contribution in [0.15, 0.2) is 43.1 Å². The van der Waals surface area contributed by atoms with Gasteiger partial charge in [0.25, 0.3) is 0 Å². The molecule has 104 valence electrons. The predicted octanol–water partition coefficient (Wildman–Crippen LogP) is 1.92. The van der Waals surface area contributed by atoms with Gasteiger partial charge in [-0.1, -0.05) is 24.8 Å². The van der Waals surface area contributed by atoms with Crippen molar-refractivity contribution in [2.75, 3.05) is 0 Å². The van der Waals surface area contributed by atoms with Gasteiger partial charge in [0.2, 0.25) is 5.91 Å². The first-order valence-corrected chi connectivity index (χ1v) is 6.30. The fourth-order valence-corrected chi connectivity index (χ4v) is 2.12. The number of benzene rings is 1. The highest BCUT2D eigenvalue weighted by Crippen LogP contribution is 2.21. The van der Waals surface area contributed by atoms with Crippen LogP contribution in [0.5, 0.6) is 0 Å². The van der Waals surface area contributed by atoms with Crippen LogP contribution in [0.3, 0.4) is 0 Å². The molecule has 0 aliphatic rings. The van der Waals surface area contributed by atoms with E-state index >= 15 is 0 Å². The summed E-state index contributed by atoms with van der Waals surface area (Å²) >= 11 is 0. The van der Waals surface area contributed by atoms with Crippen LogP contribution < -0.4 is 5.32 Å². The average Bonchev–Trinajstić information content (AvgIpc) is 2.81. The molecule has 1 amide bonds. The van der Waals surface area contributed by atoms with E-state index in [2.05, 4.69) is 11.9 Å². The standard InChI is InChI=1S/C15H16N2O3/c1-2-14(18)16-9-11-10-17(8-7-15(19)20)13-6-4-3-5-12(11)13/h2-6,10H,1,7-9H2,(H,16,18)(H,19,20). The Labute approximate surface area is 116 Å². The number of aliphatic carboxylic acids is 1. The smallest absolute Gasteiger partial charge is 0.305 e. The van der Waals surface area contributed by atoms with Gasteiger partial charge in [-0.3, -0.25) is 9.59 Å². The van der Waals surface area contributed by atoms with E-state index < -0.39 is 5.97 Å². The Bertz CT molecular complexity index is 658. The number of carboxylic acid groups (broad SMARTS) is 1. The first-order chi connectivity index (χ1) is 9.61. The number of aromatic nitrogens is 1. The van der Waals surface area contributed by atoms with E-state index in [9.17, 15) is 9.59 Å². The van der Waals surface area contributed by atoms with Crippen molar-refractivity contribution in [2.24, 2.45) is 0 Å². The Morgan fingerprint density at radius 3 is 2.80 bits per heavy atom. The number of fused-ring (bicyclic) bond motifs is 1. The highest BCUT2D eigenvalue weighted by molar-refractivity contribution is 5.88. The minimum absolute atomic E-state index is 0.0666. The Kier molecular flexibility index (Phi) is 4.20. The quantitative estimate of drug-likeness (QED) is 0.789. The molecule has 0 fully saturated rings. The van der Waals surface area contributed by atoms with Gasteiger partial charge >= 0.3 is 5.97 Å². The van der Waals surface area contributed by atoms with Gasteiger partial charge < -0.3 is 15.0 Å². The molecule has 0 saturated carbocycles. The van der Waals surface area contributed by atoms with E-state index in [1.54, 1.807) is 0 Å². The summed E-state index contributed by atoms with van der Waals surface area (Å²) in [5.74, 6) is -1.06. The molecule has 0 aliphatic carbocycles. The lowest BCUT2D eigenvalue weighted by atomic mass is 10.2. The van der Waals surface area contributed by atoms with Crippen LogP contribution in [0, 0.1) is 0 Å². The number of rotatable bonds is 6. The minimum Gasteiger partial charge on any atom is -0.481 e. The summed E-state index contributed by atoms with van der Waals surface area (Å²) in [6, 6.07) is 7.73. The molecular formula is C15H16N2O3. The zero-order chi connectivity index (χ0) is 14.5. The van der Waals surface area contributed by atoms with Gasteiger partial charge in [0.05, 0.1) is 6.42 Å². The van der Waals surface area contributed by atoms with E-state index in [1.807, 2.05) is 35.0 Å². The average molecular weight is 272 g/mol. The number of hydrogen-bond donors (Lipinski definition) is 2. The summed E-state index contributed by atoms with van der Waals surface area (Å²) < 4.78 is 1.90. The van der Waals surface area contributed by atoms with Gasteiger partial charge in [0.1, 0.15) is 0 Å². The summed E-state index contributed by atoms with van der Waals surface area (Å²) in [6.07, 6.45) is 3.18. The lowest BCUT2D eigenvalue weighted by molar-refractivity contribution is -0.137. The zero-order valence-electron chi connectivity index (χ0n) is 11.0. The summed E-state index contributed by atoms with van der Waals surface area (Å²) in [7, 11) is 0. The monoisotopic (exact) mass is 272 g/mol. The molecule has 2 rings (SSSR count). The Balaban J connectivity index is 2.27. The molecule has 2 N–H and O–H groups in total. The van der Waals surface area contributed by atoms with Crippen molar-refractivity contribution in [1.82, 2.24) is 9.88 Å². The van der Waals surface area contributed by atoms with Crippen LogP contribution >= 0.6 is 0 Å². The largest absolute Gasteiger partial charge is 0.481 e. The molecule has 0 bridgehead atoms. The number of carboxylic acids is 1. The maximum absolute atomic E-state index is 11.2. The van der Waals surface area contributed by atoms with Gasteiger partial charge in [0, 0.05) is 30.2 Å². The number of carbonyl (C=O) groups is 2. The SMILES string of the molecule is C=CC(=O)NCc1cn(CCC(=O)O)c2ccccc12. The van der Waals surface area contributed by atoms with Crippen molar-refractivity contribution in [2.45, 2.75) is 19.5 Å². The molecule has 0 atom stereocenters. The maximum Gasteiger partial charge on any atom is 0.305 e. The molecule has 0 unspecified atom stereocenters. The second-order valence-corrected chi connectivity index (χ2v) is 4.43. The lowest BCUT2D eigenvalue weighted by Gasteiger charge is -2.01. The van der Waals surface area contributed by atoms with E-state index in [0.29, 0.717) is 13.1 Å². The lowest BCUT2D eigenvalue weighted by Crippen LogP contribution is -2.19. The van der Waals surface area contributed by atoms with Crippen molar-refractivity contribution >= 4 is 22.8 Å². The molecule has 0 aliphatic heterocycles. The number of carbonyl (C=O) groups excluding carboxylic acids is 1. The third-order valence-corrected chi connectivity index (χ3v) is 3.08. The van der Waals surface area contributed by atoms with Crippen LogP contribution in [0.1, 0.15) is 12.0 Å². The van der Waals surface area contributed by atoms with Crippen LogP contribution in [0.25, 0.3) is 10.9 Å². The van der Waals surface area contributed by atoms with Gasteiger partial charge in [-0.05, 0) is 17.7 Å². The highest BCUT2D eigenvalue weighted by atomic mass is 16.4. The molecule has 1 aromatic heterocycles. The molecule has 5 heteroatoms. The van der Waals surface area contributed by atoms with E-state index in [-0.39, 0.29) is 12.3 Å². The van der Waals surface area contributed by atoms with Crippen molar-refractivity contribution in [3.8, 4) is 0 Å². The Morgan fingerprint density at radius 1 is 1.35 bits per heavy atom. The second kappa shape index (κ2) is 6.06. The van der Waals surface area contributed by atoms with E-state index in [0.717, 1.165) is 16.5 Å². The van der Waals surface area contributed by atoms with Crippen molar-refractivity contribution in [1.29, 1.82) is 0 Å². The second-order valence-electron chi connectivity index (χ2n) is 4.43. The van der Waals surface area contributed by atoms with Crippen molar-refractivity contribution in [3.63, 3.8) is 0 Å². The molecule has 0 radical (unpaired) electrons. The fourth-order valence-electron chi connectivity index (χ4n) is 2.12. The van der Waals surface area contributed by atoms with Crippen molar-refractivity contribution < 1.29 is 14.7 Å². The first kappa shape index (κ1) is 13.9. The molecule has 0 saturated heterocycles. The number of nitrogens with zero attached hydrogens (tertiary/aromatic N) is 1. The predicted molar refractivity (Wildman–Crippen MR) is 76.2 cm³/mol. The fraction of sp³-hybridized carbons (Fsp3) is 0.200. The van der Waals surface area contributed by atoms with Gasteiger partial charge in [-0.2, -0.15) is 0 Å². The van der Waals surface area contributed by atoms with Gasteiger partial charge in [-0.15, -0.1) is 0 Å². The Morgan fingerprint density at radius 2 is 2.10 bits per heavy atom. The minimum atomic E-state index is -0.829. The molecule has 2 aromatic rings. The summed E-state index contributed by atoms with van der Waals surface area (Å²) in [5.41, 5.74) is 1.93. The number of amides is 1. The number of para-hydroxylation sites is 1. The van der Waals surface area contributed by atoms with E-state index in [1.165, 1.54) is 6.08 Å². The molecular weight excluding hydrogens is 256 g/mol. The van der Waals surface area contributed by atoms with E-state index in [4.69, 9.17) is 5.11 Å². The first-order valence-electron chi connectivity index (χ1n) is 6.30. The summed E-state index contributed by atoms with van der Waals surface area (Å²) in [6.45, 7) is 4.21. The highest BCUT2D eigenvalue weighted by Gasteiger charge is 2.09. The topological polar surface area (TPSA) is 71.3 Å². The summed E-state index contributed by atoms with van der Waals surface area (Å²) in [4.78, 5) is 21.9. The molecule has 1 heterocycles.